The van der Waals surface area contributed by atoms with Gasteiger partial charge in [-0.15, -0.1) is 0 Å². The summed E-state index contributed by atoms with van der Waals surface area (Å²) in [7, 11) is 8.41. The maximum absolute atomic E-state index is 6.71. The quantitative estimate of drug-likeness (QED) is 0.111. The monoisotopic (exact) mass is 1790 g/mol. The van der Waals surface area contributed by atoms with Crippen molar-refractivity contribution in [3.8, 4) is 89.5 Å². The fraction of sp³-hybridized carbons (Fsp3) is 0.290. The number of nitrogens with zero attached hydrogens (tertiary/aromatic N) is 8. The summed E-state index contributed by atoms with van der Waals surface area (Å²) in [5, 5.41) is 8.88. The summed E-state index contributed by atoms with van der Waals surface area (Å²) < 4.78 is 35.2. The lowest BCUT2D eigenvalue weighted by Crippen LogP contribution is -2.38. The molecule has 8 aromatic carbocycles. The van der Waals surface area contributed by atoms with Crippen LogP contribution in [0.4, 0.5) is 0 Å². The van der Waals surface area contributed by atoms with E-state index in [1.54, 1.807) is 0 Å². The molecular formula is C124H124N8O4+4. The van der Waals surface area contributed by atoms with Crippen molar-refractivity contribution in [1.29, 1.82) is 0 Å². The van der Waals surface area contributed by atoms with E-state index in [1.807, 2.05) is 0 Å². The van der Waals surface area contributed by atoms with E-state index in [-0.39, 0.29) is 21.7 Å². The molecule has 0 aliphatic heterocycles. The number of aryl methyl sites for hydroxylation is 12. The van der Waals surface area contributed by atoms with Crippen molar-refractivity contribution in [1.82, 2.24) is 19.9 Å². The first-order chi connectivity index (χ1) is 65.3. The second kappa shape index (κ2) is 33.0. The van der Waals surface area contributed by atoms with Gasteiger partial charge in [0.15, 0.2) is 47.1 Å². The first-order valence-electron chi connectivity index (χ1n) is 49.0. The van der Waals surface area contributed by atoms with Crippen molar-refractivity contribution in [3.63, 3.8) is 0 Å². The van der Waals surface area contributed by atoms with Gasteiger partial charge in [-0.2, -0.15) is 0 Å². The topological polar surface area (TPSA) is 120 Å². The van der Waals surface area contributed by atoms with E-state index in [2.05, 4.69) is 428 Å². The number of hydrogen-bond acceptors (Lipinski definition) is 8. The van der Waals surface area contributed by atoms with E-state index in [9.17, 15) is 0 Å². The third-order valence-corrected chi connectivity index (χ3v) is 31.0. The van der Waals surface area contributed by atoms with Crippen LogP contribution in [0.1, 0.15) is 198 Å². The second-order valence-corrected chi connectivity index (χ2v) is 41.8. The van der Waals surface area contributed by atoms with E-state index < -0.39 is 0 Å². The standard InChI is InChI=1S/C34H37N2O.C32H33N2O.C30H29N2O.C28H25N2O/c1-20(2)17-34(18-21(3)4)28-11-9-8-10-24(28)26-16-27-25-14-13-23(6)30(29-15-12-22(5)19-36(29)7)31(25)37-33(27)35-32(26)34;1-18(2)32(19(3)4)26-11-9-8-10-22(26)24-16-25-23-14-13-21(6)28(27-15-12-20(5)17-34(27)7)29(23)35-31(25)33-30(24)32;1-6-30(7-2)24-11-9-8-10-20(24)22-16-23-21-14-13-19(4)26(25-15-12-18(3)17-32(25)5)27(21)33-29(23)31-28(22)30;1-16-10-13-23(30(5)15-16)24-17(2)11-12-19-21-14-20-18-8-6-7-9-22(18)28(3,4)26(20)29-27(21)31-25(19)24/h8-16,19-21H,17-18H2,1-7H3;8-19H,1-7H3;8-17H,6-7H2,1-5H3;6-15H,1-5H3/q4*+1. The molecule has 20 aromatic rings. The van der Waals surface area contributed by atoms with Crippen LogP contribution < -0.4 is 18.3 Å². The van der Waals surface area contributed by atoms with Crippen LogP contribution in [0.5, 0.6) is 0 Å². The molecule has 0 spiro atoms. The lowest BCUT2D eigenvalue weighted by Gasteiger charge is -2.39. The zero-order chi connectivity index (χ0) is 95.1. The van der Waals surface area contributed by atoms with E-state index >= 15 is 0 Å². The Balaban J connectivity index is 0.000000109. The molecule has 0 bridgehead atoms. The van der Waals surface area contributed by atoms with Gasteiger partial charge in [-0.3, -0.25) is 0 Å². The normalized spacial score (nSPS) is 14.2. The highest BCUT2D eigenvalue weighted by atomic mass is 16.4. The SMILES string of the molecule is CCC1(CC)c2ccccc2-c2cc3c(nc21)oc1c(-c2ccc(C)c[n+]2C)c(C)ccc13.Cc1ccc(-c2c(C)ccc3c2oc2nc4c(cc23)-c2ccccc2C4(C(C)C)C(C)C)[n+](C)c1.Cc1ccc(-c2c(C)ccc3c2oc2nc4c(cc23)-c2ccccc2C4(C)C)[n+](C)c1.Cc1ccc(-c2c(C)ccc3c2oc2nc4c(cc23)-c2ccccc2C4(CC(C)C)CC(C)C)[n+](C)c1. The molecule has 12 heteroatoms. The molecule has 0 atom stereocenters. The third-order valence-electron chi connectivity index (χ3n) is 31.0. The van der Waals surface area contributed by atoms with Crippen LogP contribution in [0, 0.1) is 79.1 Å². The van der Waals surface area contributed by atoms with Gasteiger partial charge < -0.3 is 17.7 Å². The zero-order valence-electron chi connectivity index (χ0n) is 83.4. The Bertz CT molecular complexity index is 8340. The fourth-order valence-corrected chi connectivity index (χ4v) is 24.9. The molecule has 4 aliphatic carbocycles. The Morgan fingerprint density at radius 3 is 0.860 bits per heavy atom. The molecule has 0 unspecified atom stereocenters. The Kier molecular flexibility index (Phi) is 21.5. The van der Waals surface area contributed by atoms with Crippen molar-refractivity contribution < 1.29 is 35.9 Å². The van der Waals surface area contributed by atoms with Gasteiger partial charge in [0.1, 0.15) is 28.2 Å². The molecule has 680 valence electrons. The van der Waals surface area contributed by atoms with Crippen LogP contribution in [-0.4, -0.2) is 19.9 Å². The molecule has 4 aliphatic rings. The second-order valence-electron chi connectivity index (χ2n) is 41.8. The summed E-state index contributed by atoms with van der Waals surface area (Å²) in [6.45, 7) is 44.8. The largest absolute Gasteiger partial charge is 0.437 e. The number of pyridine rings is 8. The number of fused-ring (bicyclic) bond motifs is 24. The average Bonchev–Trinajstić information content (AvgIpc) is 1.54. The van der Waals surface area contributed by atoms with Gasteiger partial charge in [-0.25, -0.2) is 38.2 Å². The van der Waals surface area contributed by atoms with E-state index in [0.717, 1.165) is 170 Å². The van der Waals surface area contributed by atoms with Crippen LogP contribution in [-0.2, 0) is 49.9 Å². The minimum atomic E-state index is -0.138. The zero-order valence-corrected chi connectivity index (χ0v) is 83.4. The van der Waals surface area contributed by atoms with Gasteiger partial charge in [0.2, 0.25) is 45.6 Å². The number of hydrogen-bond donors (Lipinski definition) is 0. The number of rotatable bonds is 12. The minimum Gasteiger partial charge on any atom is -0.437 e. The number of benzene rings is 8. The van der Waals surface area contributed by atoms with E-state index in [1.165, 1.54) is 123 Å². The molecular weight excluding hydrogens is 1670 g/mol. The minimum absolute atomic E-state index is 0.0543. The van der Waals surface area contributed by atoms with Gasteiger partial charge in [-0.05, 0) is 220 Å². The molecule has 12 nitrogen and oxygen atoms in total. The number of furan rings is 4. The Hall–Kier alpha value is -13.8. The Labute approximate surface area is 798 Å². The molecule has 0 N–H and O–H groups in total. The highest BCUT2D eigenvalue weighted by Gasteiger charge is 2.51. The molecule has 12 aromatic heterocycles. The lowest BCUT2D eigenvalue weighted by molar-refractivity contribution is -0.660. The lowest BCUT2D eigenvalue weighted by atomic mass is 9.64. The number of aromatic nitrogens is 8. The Morgan fingerprint density at radius 1 is 0.279 bits per heavy atom. The van der Waals surface area contributed by atoms with Crippen LogP contribution in [0.15, 0.2) is 261 Å². The molecule has 0 amide bonds. The first kappa shape index (κ1) is 88.7. The van der Waals surface area contributed by atoms with Gasteiger partial charge in [0.05, 0.1) is 45.0 Å². The molecule has 0 saturated heterocycles. The molecule has 0 saturated carbocycles. The predicted molar refractivity (Wildman–Crippen MR) is 556 cm³/mol. The van der Waals surface area contributed by atoms with E-state index in [4.69, 9.17) is 37.6 Å². The molecule has 0 fully saturated rings. The van der Waals surface area contributed by atoms with Gasteiger partial charge in [0, 0.05) is 134 Å². The summed E-state index contributed by atoms with van der Waals surface area (Å²) >= 11 is 0. The van der Waals surface area contributed by atoms with Crippen molar-refractivity contribution in [2.45, 2.75) is 186 Å². The Morgan fingerprint density at radius 2 is 0.544 bits per heavy atom. The third kappa shape index (κ3) is 13.6. The van der Waals surface area contributed by atoms with Crippen molar-refractivity contribution in [3.05, 3.63) is 333 Å². The summed E-state index contributed by atoms with van der Waals surface area (Å²) in [5.74, 6) is 1.93. The maximum Gasteiger partial charge on any atom is 0.227 e. The average molecular weight is 1790 g/mol. The molecule has 0 radical (unpaired) electrons. The van der Waals surface area contributed by atoms with Crippen LogP contribution in [0.25, 0.3) is 178 Å². The summed E-state index contributed by atoms with van der Waals surface area (Å²) in [4.78, 5) is 21.0. The van der Waals surface area contributed by atoms with E-state index in [0.29, 0.717) is 23.7 Å². The molecule has 24 rings (SSSR count). The molecule has 12 heterocycles. The highest BCUT2D eigenvalue weighted by molar-refractivity contribution is 6.14. The maximum atomic E-state index is 6.71. The van der Waals surface area contributed by atoms with Crippen molar-refractivity contribution in [2.24, 2.45) is 51.9 Å². The van der Waals surface area contributed by atoms with Crippen LogP contribution >= 0.6 is 0 Å². The highest BCUT2D eigenvalue weighted by Crippen LogP contribution is 2.60. The smallest absolute Gasteiger partial charge is 0.227 e. The first-order valence-corrected chi connectivity index (χ1v) is 49.0. The van der Waals surface area contributed by atoms with Crippen LogP contribution in [0.2, 0.25) is 0 Å². The van der Waals surface area contributed by atoms with Gasteiger partial charge in [0.25, 0.3) is 0 Å². The van der Waals surface area contributed by atoms with Crippen molar-refractivity contribution >= 4 is 88.3 Å². The predicted octanol–water partition coefficient (Wildman–Crippen LogP) is 29.7. The summed E-state index contributed by atoms with van der Waals surface area (Å²) in [6.07, 6.45) is 12.9. The summed E-state index contributed by atoms with van der Waals surface area (Å²) in [5.41, 5.74) is 45.6. The summed E-state index contributed by atoms with van der Waals surface area (Å²) in [6, 6.07) is 79.6. The van der Waals surface area contributed by atoms with Crippen molar-refractivity contribution in [2.75, 3.05) is 0 Å². The fourth-order valence-electron chi connectivity index (χ4n) is 24.9. The van der Waals surface area contributed by atoms with Gasteiger partial charge in [-0.1, -0.05) is 229 Å². The van der Waals surface area contributed by atoms with Gasteiger partial charge >= 0.3 is 0 Å². The van der Waals surface area contributed by atoms with Crippen LogP contribution in [0.3, 0.4) is 0 Å². The molecule has 136 heavy (non-hydrogen) atoms.